The molecule has 7 atom stereocenters. The molecular weight excluding hydrogens is 472 g/mol. The summed E-state index contributed by atoms with van der Waals surface area (Å²) in [7, 11) is 0. The number of carboxylic acid groups (broad SMARTS) is 1. The van der Waals surface area contributed by atoms with E-state index >= 15 is 0 Å². The van der Waals surface area contributed by atoms with Crippen LogP contribution in [0.25, 0.3) is 0 Å². The van der Waals surface area contributed by atoms with Gasteiger partial charge in [0.2, 0.25) is 0 Å². The van der Waals surface area contributed by atoms with Crippen LogP contribution < -0.4 is 4.74 Å². The van der Waals surface area contributed by atoms with Gasteiger partial charge in [0.25, 0.3) is 0 Å². The molecule has 0 amide bonds. The predicted molar refractivity (Wildman–Crippen MR) is 141 cm³/mol. The van der Waals surface area contributed by atoms with Crippen molar-refractivity contribution < 1.29 is 34.4 Å². The number of allylic oxidation sites excluding steroid dienone is 3. The molecule has 0 fully saturated rings. The van der Waals surface area contributed by atoms with Gasteiger partial charge in [0.05, 0.1) is 18.6 Å². The van der Waals surface area contributed by atoms with Crippen LogP contribution in [0.3, 0.4) is 0 Å². The van der Waals surface area contributed by atoms with E-state index in [1.165, 1.54) is 0 Å². The minimum Gasteiger partial charge on any atom is -0.481 e. The summed E-state index contributed by atoms with van der Waals surface area (Å²) in [6.45, 7) is 8.04. The third-order valence-electron chi connectivity index (χ3n) is 7.86. The quantitative estimate of drug-likeness (QED) is 0.340. The van der Waals surface area contributed by atoms with Gasteiger partial charge in [0.1, 0.15) is 11.9 Å². The molecule has 1 aromatic rings. The van der Waals surface area contributed by atoms with E-state index in [9.17, 15) is 19.8 Å². The molecule has 0 saturated carbocycles. The van der Waals surface area contributed by atoms with Crippen LogP contribution in [-0.2, 0) is 14.3 Å². The lowest BCUT2D eigenvalue weighted by atomic mass is 9.66. The number of ether oxygens (including phenoxy) is 2. The third kappa shape index (κ3) is 7.68. The molecule has 0 spiro atoms. The zero-order valence-electron chi connectivity index (χ0n) is 22.4. The summed E-state index contributed by atoms with van der Waals surface area (Å²) in [6, 6.07) is 5.81. The van der Waals surface area contributed by atoms with E-state index < -0.39 is 24.3 Å². The Labute approximate surface area is 220 Å². The van der Waals surface area contributed by atoms with Crippen molar-refractivity contribution in [1.29, 1.82) is 0 Å². The monoisotopic (exact) mass is 514 g/mol. The predicted octanol–water partition coefficient (Wildman–Crippen LogP) is 4.90. The van der Waals surface area contributed by atoms with E-state index in [-0.39, 0.29) is 42.7 Å². The van der Waals surface area contributed by atoms with Gasteiger partial charge < -0.3 is 24.8 Å². The Morgan fingerprint density at radius 2 is 1.92 bits per heavy atom. The summed E-state index contributed by atoms with van der Waals surface area (Å²) in [5.41, 5.74) is 3.28. The second-order valence-electron chi connectivity index (χ2n) is 10.6. The number of esters is 1. The van der Waals surface area contributed by atoms with Gasteiger partial charge in [-0.3, -0.25) is 4.79 Å². The van der Waals surface area contributed by atoms with E-state index in [4.69, 9.17) is 14.6 Å². The van der Waals surface area contributed by atoms with Crippen molar-refractivity contribution >= 4 is 11.9 Å². The molecule has 0 saturated heterocycles. The standard InChI is InChI=1S/C30H42O7/c1-5-25(36-26-10-6-8-18(2)20(26)4)30(35)37-27-11-7-9-21-13-12-19(3)24(29(21)27)15-14-22(31)16-23(32)17-28(33)34/h6,8-10,12-13,19,22-25,27,29,31-32H,5,7,11,14-17H2,1-4H3,(H,33,34). The number of carbonyl (C=O) groups excluding carboxylic acids is 1. The van der Waals surface area contributed by atoms with E-state index in [1.807, 2.05) is 39.0 Å². The van der Waals surface area contributed by atoms with Gasteiger partial charge in [-0.2, -0.15) is 0 Å². The van der Waals surface area contributed by atoms with Crippen LogP contribution in [0.2, 0.25) is 0 Å². The number of carbonyl (C=O) groups is 2. The van der Waals surface area contributed by atoms with Crippen LogP contribution in [0.4, 0.5) is 0 Å². The third-order valence-corrected chi connectivity index (χ3v) is 7.86. The molecule has 204 valence electrons. The Hall–Kier alpha value is -2.64. The minimum atomic E-state index is -1.08. The largest absolute Gasteiger partial charge is 0.481 e. The molecule has 3 rings (SSSR count). The number of hydrogen-bond acceptors (Lipinski definition) is 6. The van der Waals surface area contributed by atoms with Crippen LogP contribution >= 0.6 is 0 Å². The van der Waals surface area contributed by atoms with E-state index in [2.05, 4.69) is 25.2 Å². The highest BCUT2D eigenvalue weighted by Gasteiger charge is 2.41. The van der Waals surface area contributed by atoms with Crippen LogP contribution in [0.15, 0.2) is 42.0 Å². The van der Waals surface area contributed by atoms with Gasteiger partial charge in [0, 0.05) is 5.92 Å². The van der Waals surface area contributed by atoms with Crippen LogP contribution in [0, 0.1) is 31.6 Å². The number of carboxylic acids is 1. The number of fused-ring (bicyclic) bond motifs is 1. The zero-order chi connectivity index (χ0) is 27.1. The minimum absolute atomic E-state index is 0.0204. The Bertz CT molecular complexity index is 998. The summed E-state index contributed by atoms with van der Waals surface area (Å²) < 4.78 is 12.2. The second kappa shape index (κ2) is 13.2. The van der Waals surface area contributed by atoms with Crippen molar-refractivity contribution in [3.63, 3.8) is 0 Å². The molecule has 0 bridgehead atoms. The number of rotatable bonds is 12. The number of aryl methyl sites for hydroxylation is 1. The summed E-state index contributed by atoms with van der Waals surface area (Å²) in [4.78, 5) is 24.1. The molecule has 0 aromatic heterocycles. The molecule has 37 heavy (non-hydrogen) atoms. The van der Waals surface area contributed by atoms with Gasteiger partial charge >= 0.3 is 11.9 Å². The molecule has 2 aliphatic rings. The van der Waals surface area contributed by atoms with Crippen molar-refractivity contribution in [3.8, 4) is 5.75 Å². The lowest BCUT2D eigenvalue weighted by molar-refractivity contribution is -0.162. The number of benzene rings is 1. The van der Waals surface area contributed by atoms with Gasteiger partial charge in [-0.1, -0.05) is 44.2 Å². The second-order valence-corrected chi connectivity index (χ2v) is 10.6. The summed E-state index contributed by atoms with van der Waals surface area (Å²) >= 11 is 0. The number of aliphatic carboxylic acids is 1. The van der Waals surface area contributed by atoms with Crippen molar-refractivity contribution in [2.45, 2.75) is 97.1 Å². The van der Waals surface area contributed by atoms with Gasteiger partial charge in [-0.15, -0.1) is 0 Å². The molecule has 7 heteroatoms. The Morgan fingerprint density at radius 1 is 1.16 bits per heavy atom. The number of aliphatic hydroxyl groups is 2. The highest BCUT2D eigenvalue weighted by molar-refractivity contribution is 5.75. The molecule has 2 aliphatic carbocycles. The fourth-order valence-corrected chi connectivity index (χ4v) is 5.58. The van der Waals surface area contributed by atoms with Crippen molar-refractivity contribution in [1.82, 2.24) is 0 Å². The molecule has 0 aliphatic heterocycles. The van der Waals surface area contributed by atoms with Crippen molar-refractivity contribution in [2.75, 3.05) is 0 Å². The molecule has 7 nitrogen and oxygen atoms in total. The molecular formula is C30H42O7. The highest BCUT2D eigenvalue weighted by atomic mass is 16.6. The van der Waals surface area contributed by atoms with E-state index in [1.54, 1.807) is 0 Å². The fourth-order valence-electron chi connectivity index (χ4n) is 5.58. The Morgan fingerprint density at radius 3 is 2.62 bits per heavy atom. The van der Waals surface area contributed by atoms with Crippen molar-refractivity contribution in [3.05, 3.63) is 53.1 Å². The molecule has 7 unspecified atom stereocenters. The first-order valence-corrected chi connectivity index (χ1v) is 13.5. The van der Waals surface area contributed by atoms with Crippen LogP contribution in [0.5, 0.6) is 5.75 Å². The van der Waals surface area contributed by atoms with Gasteiger partial charge in [-0.25, -0.2) is 4.79 Å². The van der Waals surface area contributed by atoms with Crippen LogP contribution in [0.1, 0.15) is 69.9 Å². The first-order chi connectivity index (χ1) is 17.6. The molecule has 3 N–H and O–H groups in total. The zero-order valence-corrected chi connectivity index (χ0v) is 22.4. The maximum absolute atomic E-state index is 13.3. The summed E-state index contributed by atoms with van der Waals surface area (Å²) in [5, 5.41) is 29.2. The summed E-state index contributed by atoms with van der Waals surface area (Å²) in [5.74, 6) is -0.343. The number of aliphatic hydroxyl groups excluding tert-OH is 2. The lowest BCUT2D eigenvalue weighted by Gasteiger charge is -2.42. The molecule has 0 radical (unpaired) electrons. The lowest BCUT2D eigenvalue weighted by Crippen LogP contribution is -2.42. The van der Waals surface area contributed by atoms with Crippen LogP contribution in [-0.4, -0.2) is 51.7 Å². The topological polar surface area (TPSA) is 113 Å². The van der Waals surface area contributed by atoms with Gasteiger partial charge in [-0.05, 0) is 87.0 Å². The average Bonchev–Trinajstić information content (AvgIpc) is 2.83. The smallest absolute Gasteiger partial charge is 0.347 e. The maximum Gasteiger partial charge on any atom is 0.347 e. The first kappa shape index (κ1) is 28.9. The Balaban J connectivity index is 1.68. The highest BCUT2D eigenvalue weighted by Crippen LogP contribution is 2.44. The van der Waals surface area contributed by atoms with Crippen molar-refractivity contribution in [2.24, 2.45) is 17.8 Å². The molecule has 0 heterocycles. The maximum atomic E-state index is 13.3. The first-order valence-electron chi connectivity index (χ1n) is 13.5. The number of hydrogen-bond donors (Lipinski definition) is 3. The normalized spacial score (nSPS) is 25.4. The van der Waals surface area contributed by atoms with E-state index in [0.717, 1.165) is 29.5 Å². The fraction of sp³-hybridized carbons (Fsp3) is 0.600. The SMILES string of the molecule is CCC(Oc1cccc(C)c1C)C(=O)OC1CCC=C2C=CC(C)C(CCC(O)CC(O)CC(=O)O)C21. The summed E-state index contributed by atoms with van der Waals surface area (Å²) in [6.07, 6.45) is 6.50. The van der Waals surface area contributed by atoms with Gasteiger partial charge in [0.15, 0.2) is 6.10 Å². The van der Waals surface area contributed by atoms with E-state index in [0.29, 0.717) is 25.0 Å². The average molecular weight is 515 g/mol. The Kier molecular flexibility index (Phi) is 10.4. The molecule has 1 aromatic carbocycles.